The summed E-state index contributed by atoms with van der Waals surface area (Å²) in [6.07, 6.45) is 3.36. The van der Waals surface area contributed by atoms with Crippen molar-refractivity contribution in [2.75, 3.05) is 5.32 Å². The molecule has 6 nitrogen and oxygen atoms in total. The second-order valence-electron chi connectivity index (χ2n) is 7.02. The van der Waals surface area contributed by atoms with Gasteiger partial charge < -0.3 is 5.32 Å². The molecule has 32 heavy (non-hydrogen) atoms. The standard InChI is InChI=1S/C23H19ClFN5OS/c1-14-19(24)7-4-8-20(14)30-21(16-9-11-26-12-10-16)28-29-23(30)32-15(2)22(31)27-18-6-3-5-17(25)13-18/h3-13,15H,1-2H3,(H,27,31). The molecule has 0 fully saturated rings. The summed E-state index contributed by atoms with van der Waals surface area (Å²) < 4.78 is 15.3. The molecule has 0 spiro atoms. The van der Waals surface area contributed by atoms with E-state index in [1.807, 2.05) is 41.8 Å². The van der Waals surface area contributed by atoms with E-state index in [4.69, 9.17) is 11.6 Å². The number of anilines is 1. The summed E-state index contributed by atoms with van der Waals surface area (Å²) in [6.45, 7) is 3.68. The lowest BCUT2D eigenvalue weighted by atomic mass is 10.2. The number of hydrogen-bond acceptors (Lipinski definition) is 5. The minimum absolute atomic E-state index is 0.275. The first kappa shape index (κ1) is 22.0. The zero-order valence-corrected chi connectivity index (χ0v) is 18.9. The molecule has 4 aromatic rings. The van der Waals surface area contributed by atoms with E-state index in [0.717, 1.165) is 16.8 Å². The van der Waals surface area contributed by atoms with Crippen LogP contribution in [0.25, 0.3) is 17.1 Å². The van der Waals surface area contributed by atoms with Crippen molar-refractivity contribution in [3.05, 3.63) is 83.4 Å². The molecule has 162 valence electrons. The van der Waals surface area contributed by atoms with Gasteiger partial charge in [-0.2, -0.15) is 0 Å². The van der Waals surface area contributed by atoms with Crippen LogP contribution in [-0.2, 0) is 4.79 Å². The maximum Gasteiger partial charge on any atom is 0.237 e. The average molecular weight is 468 g/mol. The zero-order chi connectivity index (χ0) is 22.7. The predicted molar refractivity (Wildman–Crippen MR) is 125 cm³/mol. The second-order valence-corrected chi connectivity index (χ2v) is 8.74. The molecule has 1 amide bonds. The molecule has 1 unspecified atom stereocenters. The highest BCUT2D eigenvalue weighted by molar-refractivity contribution is 8.00. The predicted octanol–water partition coefficient (Wildman–Crippen LogP) is 5.55. The minimum atomic E-state index is -0.522. The number of nitrogens with one attached hydrogen (secondary N) is 1. The number of amides is 1. The van der Waals surface area contributed by atoms with Crippen LogP contribution in [-0.4, -0.2) is 30.9 Å². The van der Waals surface area contributed by atoms with E-state index in [1.165, 1.54) is 23.9 Å². The Bertz CT molecular complexity index is 1260. The first-order valence-corrected chi connectivity index (χ1v) is 11.0. The van der Waals surface area contributed by atoms with Crippen LogP contribution in [0.15, 0.2) is 72.1 Å². The first-order valence-electron chi connectivity index (χ1n) is 9.78. The van der Waals surface area contributed by atoms with Crippen molar-refractivity contribution in [2.24, 2.45) is 0 Å². The zero-order valence-electron chi connectivity index (χ0n) is 17.3. The van der Waals surface area contributed by atoms with Crippen molar-refractivity contribution < 1.29 is 9.18 Å². The van der Waals surface area contributed by atoms with Gasteiger partial charge in [0.25, 0.3) is 0 Å². The van der Waals surface area contributed by atoms with E-state index in [-0.39, 0.29) is 5.91 Å². The van der Waals surface area contributed by atoms with E-state index in [1.54, 1.807) is 31.5 Å². The highest BCUT2D eigenvalue weighted by Crippen LogP contribution is 2.33. The lowest BCUT2D eigenvalue weighted by Gasteiger charge is -2.16. The number of pyridine rings is 1. The number of nitrogens with zero attached hydrogens (tertiary/aromatic N) is 4. The molecule has 4 rings (SSSR count). The molecule has 9 heteroatoms. The van der Waals surface area contributed by atoms with E-state index in [0.29, 0.717) is 21.7 Å². The van der Waals surface area contributed by atoms with Gasteiger partial charge in [-0.1, -0.05) is 35.5 Å². The second kappa shape index (κ2) is 9.50. The lowest BCUT2D eigenvalue weighted by molar-refractivity contribution is -0.115. The number of carbonyl (C=O) groups excluding carboxylic acids is 1. The number of thioether (sulfide) groups is 1. The molecule has 0 radical (unpaired) electrons. The molecule has 2 aromatic heterocycles. The highest BCUT2D eigenvalue weighted by atomic mass is 35.5. The van der Waals surface area contributed by atoms with Crippen molar-refractivity contribution >= 4 is 35.0 Å². The molecular weight excluding hydrogens is 449 g/mol. The van der Waals surface area contributed by atoms with Gasteiger partial charge in [-0.15, -0.1) is 10.2 Å². The Labute approximate surface area is 193 Å². The van der Waals surface area contributed by atoms with E-state index in [9.17, 15) is 9.18 Å². The quantitative estimate of drug-likeness (QED) is 0.376. The smallest absolute Gasteiger partial charge is 0.237 e. The SMILES string of the molecule is Cc1c(Cl)cccc1-n1c(SC(C)C(=O)Nc2cccc(F)c2)nnc1-c1ccncc1. The van der Waals surface area contributed by atoms with Gasteiger partial charge in [0.2, 0.25) is 5.91 Å². The van der Waals surface area contributed by atoms with Gasteiger partial charge in [-0.25, -0.2) is 4.39 Å². The summed E-state index contributed by atoms with van der Waals surface area (Å²) in [5.41, 5.74) is 2.90. The van der Waals surface area contributed by atoms with E-state index < -0.39 is 11.1 Å². The summed E-state index contributed by atoms with van der Waals surface area (Å²) in [5.74, 6) is -0.0808. The number of halogens is 2. The van der Waals surface area contributed by atoms with Gasteiger partial charge in [0.05, 0.1) is 10.9 Å². The minimum Gasteiger partial charge on any atom is -0.325 e. The van der Waals surface area contributed by atoms with Crippen molar-refractivity contribution in [2.45, 2.75) is 24.3 Å². The van der Waals surface area contributed by atoms with Gasteiger partial charge in [-0.05, 0) is 61.9 Å². The van der Waals surface area contributed by atoms with Crippen LogP contribution in [0.2, 0.25) is 5.02 Å². The van der Waals surface area contributed by atoms with E-state index in [2.05, 4.69) is 20.5 Å². The Morgan fingerprint density at radius 3 is 2.62 bits per heavy atom. The van der Waals surface area contributed by atoms with E-state index >= 15 is 0 Å². The van der Waals surface area contributed by atoms with Crippen LogP contribution >= 0.6 is 23.4 Å². The number of aromatic nitrogens is 4. The molecular formula is C23H19ClFN5OS. The van der Waals surface area contributed by atoms with Crippen molar-refractivity contribution in [1.29, 1.82) is 0 Å². The van der Waals surface area contributed by atoms with Crippen molar-refractivity contribution in [3.63, 3.8) is 0 Å². The molecule has 0 bridgehead atoms. The number of hydrogen-bond donors (Lipinski definition) is 1. The van der Waals surface area contributed by atoms with Crippen LogP contribution < -0.4 is 5.32 Å². The van der Waals surface area contributed by atoms with Crippen LogP contribution in [0.1, 0.15) is 12.5 Å². The summed E-state index contributed by atoms with van der Waals surface area (Å²) in [5, 5.41) is 12.1. The third-order valence-corrected chi connectivity index (χ3v) is 6.25. The molecule has 1 atom stereocenters. The maximum absolute atomic E-state index is 13.4. The number of carbonyl (C=O) groups is 1. The molecule has 0 saturated carbocycles. The Morgan fingerprint density at radius 2 is 1.88 bits per heavy atom. The van der Waals surface area contributed by atoms with Crippen LogP contribution in [0.4, 0.5) is 10.1 Å². The number of benzene rings is 2. The Balaban J connectivity index is 1.69. The lowest BCUT2D eigenvalue weighted by Crippen LogP contribution is -2.23. The molecule has 0 aliphatic heterocycles. The molecule has 2 aromatic carbocycles. The van der Waals surface area contributed by atoms with Crippen LogP contribution in [0.5, 0.6) is 0 Å². The summed E-state index contributed by atoms with van der Waals surface area (Å²) in [4.78, 5) is 16.8. The molecule has 0 saturated heterocycles. The topological polar surface area (TPSA) is 72.7 Å². The number of rotatable bonds is 6. The third-order valence-electron chi connectivity index (χ3n) is 4.80. The Kier molecular flexibility index (Phi) is 6.53. The van der Waals surface area contributed by atoms with Gasteiger partial charge in [0.1, 0.15) is 5.82 Å². The van der Waals surface area contributed by atoms with Gasteiger partial charge in [0.15, 0.2) is 11.0 Å². The van der Waals surface area contributed by atoms with Crippen molar-refractivity contribution in [1.82, 2.24) is 19.7 Å². The average Bonchev–Trinajstić information content (AvgIpc) is 3.19. The fourth-order valence-electron chi connectivity index (χ4n) is 3.11. The molecule has 0 aliphatic rings. The fourth-order valence-corrected chi connectivity index (χ4v) is 4.14. The Morgan fingerprint density at radius 1 is 1.12 bits per heavy atom. The third kappa shape index (κ3) is 4.66. The fraction of sp³-hybridized carbons (Fsp3) is 0.130. The summed E-state index contributed by atoms with van der Waals surface area (Å²) in [6, 6.07) is 15.1. The van der Waals surface area contributed by atoms with Crippen molar-refractivity contribution in [3.8, 4) is 17.1 Å². The summed E-state index contributed by atoms with van der Waals surface area (Å²) >= 11 is 7.63. The first-order chi connectivity index (χ1) is 15.4. The van der Waals surface area contributed by atoms with Crippen LogP contribution in [0, 0.1) is 12.7 Å². The normalized spacial score (nSPS) is 11.9. The molecule has 0 aliphatic carbocycles. The Hall–Kier alpha value is -3.23. The van der Waals surface area contributed by atoms with Gasteiger partial charge >= 0.3 is 0 Å². The maximum atomic E-state index is 13.4. The molecule has 1 N–H and O–H groups in total. The summed E-state index contributed by atoms with van der Waals surface area (Å²) in [7, 11) is 0. The monoisotopic (exact) mass is 467 g/mol. The van der Waals surface area contributed by atoms with Crippen LogP contribution in [0.3, 0.4) is 0 Å². The molecule has 2 heterocycles. The van der Waals surface area contributed by atoms with Gasteiger partial charge in [0, 0.05) is 28.7 Å². The van der Waals surface area contributed by atoms with Gasteiger partial charge in [-0.3, -0.25) is 14.3 Å². The largest absolute Gasteiger partial charge is 0.325 e. The highest BCUT2D eigenvalue weighted by Gasteiger charge is 2.23.